The second-order valence-electron chi connectivity index (χ2n) is 6.62. The van der Waals surface area contributed by atoms with E-state index in [1.165, 1.54) is 21.9 Å². The van der Waals surface area contributed by atoms with Gasteiger partial charge in [0.25, 0.3) is 0 Å². The Labute approximate surface area is 153 Å². The number of benzene rings is 2. The molecule has 3 aromatic rings. The molecule has 2 aromatic carbocycles. The van der Waals surface area contributed by atoms with Gasteiger partial charge in [-0.2, -0.15) is 4.98 Å². The van der Waals surface area contributed by atoms with Crippen molar-refractivity contribution < 1.29 is 9.47 Å². The van der Waals surface area contributed by atoms with Crippen LogP contribution in [0.2, 0.25) is 0 Å². The van der Waals surface area contributed by atoms with Gasteiger partial charge in [0.2, 0.25) is 0 Å². The number of methoxy groups -OCH3 is 1. The molecule has 0 spiro atoms. The van der Waals surface area contributed by atoms with Crippen LogP contribution < -0.4 is 14.8 Å². The largest absolute Gasteiger partial charge is 0.496 e. The summed E-state index contributed by atoms with van der Waals surface area (Å²) in [6, 6.07) is 12.8. The maximum Gasteiger partial charge on any atom is 0.318 e. The lowest BCUT2D eigenvalue weighted by atomic mass is 9.97. The molecule has 1 aliphatic carbocycles. The van der Waals surface area contributed by atoms with Crippen LogP contribution in [0.3, 0.4) is 0 Å². The van der Waals surface area contributed by atoms with Gasteiger partial charge in [0.05, 0.1) is 7.11 Å². The predicted octanol–water partition coefficient (Wildman–Crippen LogP) is 4.14. The smallest absolute Gasteiger partial charge is 0.318 e. The van der Waals surface area contributed by atoms with Gasteiger partial charge in [0.1, 0.15) is 17.7 Å². The van der Waals surface area contributed by atoms with Crippen LogP contribution in [-0.4, -0.2) is 29.7 Å². The normalized spacial score (nSPS) is 13.6. The Morgan fingerprint density at radius 3 is 2.85 bits per heavy atom. The third kappa shape index (κ3) is 3.57. The topological polar surface area (TPSA) is 56.3 Å². The van der Waals surface area contributed by atoms with Gasteiger partial charge in [-0.1, -0.05) is 24.3 Å². The molecular weight excluding hydrogens is 326 g/mol. The summed E-state index contributed by atoms with van der Waals surface area (Å²) in [4.78, 5) is 8.59. The third-order valence-electron chi connectivity index (χ3n) is 4.73. The first-order chi connectivity index (χ1) is 12.7. The molecule has 0 amide bonds. The van der Waals surface area contributed by atoms with E-state index in [4.69, 9.17) is 9.47 Å². The van der Waals surface area contributed by atoms with E-state index >= 15 is 0 Å². The van der Waals surface area contributed by atoms with Crippen molar-refractivity contribution in [3.8, 4) is 11.8 Å². The number of nitrogens with zero attached hydrogens (tertiary/aromatic N) is 2. The number of hydrogen-bond acceptors (Lipinski definition) is 5. The molecule has 0 saturated heterocycles. The first-order valence-electron chi connectivity index (χ1n) is 9.03. The fourth-order valence-corrected chi connectivity index (χ4v) is 3.18. The molecule has 1 aromatic heterocycles. The molecule has 134 valence electrons. The lowest BCUT2D eigenvalue weighted by Crippen LogP contribution is -2.10. The van der Waals surface area contributed by atoms with E-state index in [1.807, 2.05) is 6.07 Å². The average molecular weight is 349 g/mol. The fraction of sp³-hybridized carbons (Fsp3) is 0.333. The SMILES string of the molecule is COc1cc2ccccc2c(C)c1CCNc1ccnc(OC2CC2)n1. The maximum absolute atomic E-state index is 5.65. The molecule has 1 fully saturated rings. The molecule has 4 rings (SSSR count). The minimum atomic E-state index is 0.301. The highest BCUT2D eigenvalue weighted by molar-refractivity contribution is 5.88. The van der Waals surface area contributed by atoms with Crippen LogP contribution in [0.4, 0.5) is 5.82 Å². The Morgan fingerprint density at radius 2 is 2.04 bits per heavy atom. The van der Waals surface area contributed by atoms with Gasteiger partial charge in [0.15, 0.2) is 0 Å². The quantitative estimate of drug-likeness (QED) is 0.695. The molecule has 1 heterocycles. The minimum Gasteiger partial charge on any atom is -0.496 e. The van der Waals surface area contributed by atoms with Crippen molar-refractivity contribution in [2.75, 3.05) is 19.0 Å². The Bertz CT molecular complexity index is 922. The predicted molar refractivity (Wildman–Crippen MR) is 103 cm³/mol. The molecule has 0 radical (unpaired) electrons. The van der Waals surface area contributed by atoms with Gasteiger partial charge in [-0.05, 0) is 60.2 Å². The Balaban J connectivity index is 1.48. The summed E-state index contributed by atoms with van der Waals surface area (Å²) in [5.74, 6) is 1.72. The monoisotopic (exact) mass is 349 g/mol. The second kappa shape index (κ2) is 7.20. The number of fused-ring (bicyclic) bond motifs is 1. The van der Waals surface area contributed by atoms with E-state index in [2.05, 4.69) is 52.5 Å². The zero-order chi connectivity index (χ0) is 17.9. The van der Waals surface area contributed by atoms with Crippen molar-refractivity contribution in [1.29, 1.82) is 0 Å². The molecule has 0 aliphatic heterocycles. The van der Waals surface area contributed by atoms with Crippen LogP contribution in [0.1, 0.15) is 24.0 Å². The summed E-state index contributed by atoms with van der Waals surface area (Å²) < 4.78 is 11.3. The van der Waals surface area contributed by atoms with Gasteiger partial charge >= 0.3 is 6.01 Å². The van der Waals surface area contributed by atoms with Crippen LogP contribution in [0.15, 0.2) is 42.6 Å². The van der Waals surface area contributed by atoms with Crippen LogP contribution >= 0.6 is 0 Å². The summed E-state index contributed by atoms with van der Waals surface area (Å²) in [7, 11) is 1.73. The highest BCUT2D eigenvalue weighted by atomic mass is 16.5. The number of rotatable bonds is 7. The summed E-state index contributed by atoms with van der Waals surface area (Å²) in [6.07, 6.45) is 5.08. The average Bonchev–Trinajstić information content (AvgIpc) is 3.47. The van der Waals surface area contributed by atoms with Crippen LogP contribution in [-0.2, 0) is 6.42 Å². The van der Waals surface area contributed by atoms with Gasteiger partial charge in [-0.3, -0.25) is 0 Å². The third-order valence-corrected chi connectivity index (χ3v) is 4.73. The summed E-state index contributed by atoms with van der Waals surface area (Å²) in [6.45, 7) is 2.92. The van der Waals surface area contributed by atoms with Gasteiger partial charge in [-0.25, -0.2) is 4.98 Å². The number of hydrogen-bond donors (Lipinski definition) is 1. The van der Waals surface area contributed by atoms with E-state index < -0.39 is 0 Å². The van der Waals surface area contributed by atoms with E-state index in [-0.39, 0.29) is 0 Å². The van der Waals surface area contributed by atoms with E-state index in [9.17, 15) is 0 Å². The maximum atomic E-state index is 5.65. The molecule has 5 heteroatoms. The highest BCUT2D eigenvalue weighted by Gasteiger charge is 2.24. The minimum absolute atomic E-state index is 0.301. The van der Waals surface area contributed by atoms with Gasteiger partial charge in [-0.15, -0.1) is 0 Å². The Hall–Kier alpha value is -2.82. The number of aryl methyl sites for hydroxylation is 1. The zero-order valence-corrected chi connectivity index (χ0v) is 15.2. The second-order valence-corrected chi connectivity index (χ2v) is 6.62. The molecule has 26 heavy (non-hydrogen) atoms. The van der Waals surface area contributed by atoms with E-state index in [1.54, 1.807) is 13.3 Å². The van der Waals surface area contributed by atoms with E-state index in [0.717, 1.165) is 37.4 Å². The van der Waals surface area contributed by atoms with Crippen molar-refractivity contribution in [3.05, 3.63) is 53.7 Å². The van der Waals surface area contributed by atoms with Crippen LogP contribution in [0, 0.1) is 6.92 Å². The van der Waals surface area contributed by atoms with Gasteiger partial charge < -0.3 is 14.8 Å². The molecule has 1 saturated carbocycles. The molecule has 0 bridgehead atoms. The zero-order valence-electron chi connectivity index (χ0n) is 15.2. The van der Waals surface area contributed by atoms with Crippen molar-refractivity contribution >= 4 is 16.6 Å². The Morgan fingerprint density at radius 1 is 1.19 bits per heavy atom. The lowest BCUT2D eigenvalue weighted by molar-refractivity contribution is 0.278. The van der Waals surface area contributed by atoms with Gasteiger partial charge in [0, 0.05) is 12.7 Å². The van der Waals surface area contributed by atoms with E-state index in [0.29, 0.717) is 12.1 Å². The summed E-state index contributed by atoms with van der Waals surface area (Å²) in [5.41, 5.74) is 2.49. The number of nitrogens with one attached hydrogen (secondary N) is 1. The van der Waals surface area contributed by atoms with Crippen molar-refractivity contribution in [2.24, 2.45) is 0 Å². The number of anilines is 1. The van der Waals surface area contributed by atoms with Crippen molar-refractivity contribution in [1.82, 2.24) is 9.97 Å². The Kier molecular flexibility index (Phi) is 4.61. The molecular formula is C21H23N3O2. The fourth-order valence-electron chi connectivity index (χ4n) is 3.18. The first-order valence-corrected chi connectivity index (χ1v) is 9.03. The van der Waals surface area contributed by atoms with Crippen molar-refractivity contribution in [2.45, 2.75) is 32.3 Å². The number of ether oxygens (including phenoxy) is 2. The summed E-state index contributed by atoms with van der Waals surface area (Å²) >= 11 is 0. The molecule has 1 N–H and O–H groups in total. The number of aromatic nitrogens is 2. The van der Waals surface area contributed by atoms with Crippen LogP contribution in [0.5, 0.6) is 11.8 Å². The molecule has 5 nitrogen and oxygen atoms in total. The molecule has 0 unspecified atom stereocenters. The first kappa shape index (κ1) is 16.6. The lowest BCUT2D eigenvalue weighted by Gasteiger charge is -2.15. The standard InChI is InChI=1S/C21H23N3O2/c1-14-17-6-4-3-5-15(17)13-19(25-2)18(14)9-11-22-20-10-12-23-21(24-20)26-16-7-8-16/h3-6,10,12-13,16H,7-9,11H2,1-2H3,(H,22,23,24). The van der Waals surface area contributed by atoms with Crippen molar-refractivity contribution in [3.63, 3.8) is 0 Å². The van der Waals surface area contributed by atoms with Crippen LogP contribution in [0.25, 0.3) is 10.8 Å². The molecule has 1 aliphatic rings. The highest BCUT2D eigenvalue weighted by Crippen LogP contribution is 2.31. The molecule has 0 atom stereocenters. The summed E-state index contributed by atoms with van der Waals surface area (Å²) in [5, 5.41) is 5.84.